The largest absolute Gasteiger partial charge is 0.326 e. The molecule has 1 amide bonds. The van der Waals surface area contributed by atoms with E-state index in [9.17, 15) is 17.6 Å². The van der Waals surface area contributed by atoms with E-state index in [1.807, 2.05) is 6.92 Å². The molecule has 0 atom stereocenters. The van der Waals surface area contributed by atoms with E-state index in [1.54, 1.807) is 42.5 Å². The third kappa shape index (κ3) is 3.59. The number of rotatable bonds is 4. The molecular formula is C23H19FN2O3S. The normalized spacial score (nSPS) is 11.6. The van der Waals surface area contributed by atoms with Gasteiger partial charge in [0, 0.05) is 29.8 Å². The Hall–Kier alpha value is -3.45. The molecule has 0 radical (unpaired) electrons. The standard InChI is InChI=1S/C23H19FN2O3S/c1-15-3-10-20(11-4-15)30(28,29)26-14-22(21-12-7-18(24)13-23(21)26)17-5-8-19(9-6-17)25-16(2)27/h3-14H,1-2H3,(H,25,27). The fourth-order valence-electron chi connectivity index (χ4n) is 3.36. The van der Waals surface area contributed by atoms with Crippen LogP contribution in [0.5, 0.6) is 0 Å². The summed E-state index contributed by atoms with van der Waals surface area (Å²) in [4.78, 5) is 11.4. The predicted molar refractivity (Wildman–Crippen MR) is 115 cm³/mol. The smallest absolute Gasteiger partial charge is 0.268 e. The van der Waals surface area contributed by atoms with Crippen LogP contribution in [0.2, 0.25) is 0 Å². The van der Waals surface area contributed by atoms with Crippen LogP contribution in [-0.4, -0.2) is 18.3 Å². The van der Waals surface area contributed by atoms with E-state index < -0.39 is 15.8 Å². The van der Waals surface area contributed by atoms with Gasteiger partial charge in [-0.15, -0.1) is 0 Å². The average molecular weight is 422 g/mol. The molecule has 0 aliphatic heterocycles. The highest BCUT2D eigenvalue weighted by atomic mass is 32.2. The Morgan fingerprint density at radius 3 is 2.27 bits per heavy atom. The molecule has 0 fully saturated rings. The molecular weight excluding hydrogens is 403 g/mol. The minimum Gasteiger partial charge on any atom is -0.326 e. The molecule has 0 unspecified atom stereocenters. The summed E-state index contributed by atoms with van der Waals surface area (Å²) in [6.45, 7) is 3.30. The third-order valence-electron chi connectivity index (χ3n) is 4.83. The molecule has 0 spiro atoms. The number of halogens is 1. The van der Waals surface area contributed by atoms with Gasteiger partial charge in [0.1, 0.15) is 5.82 Å². The molecule has 4 rings (SSSR count). The molecule has 1 N–H and O–H groups in total. The summed E-state index contributed by atoms with van der Waals surface area (Å²) in [7, 11) is -3.92. The number of nitrogens with one attached hydrogen (secondary N) is 1. The van der Waals surface area contributed by atoms with Crippen molar-refractivity contribution in [3.63, 3.8) is 0 Å². The lowest BCUT2D eigenvalue weighted by Gasteiger charge is -2.08. The maximum atomic E-state index is 14.0. The van der Waals surface area contributed by atoms with Crippen LogP contribution in [-0.2, 0) is 14.8 Å². The first-order valence-electron chi connectivity index (χ1n) is 9.26. The summed E-state index contributed by atoms with van der Waals surface area (Å²) in [6, 6.07) is 17.7. The molecule has 5 nitrogen and oxygen atoms in total. The SMILES string of the molecule is CC(=O)Nc1ccc(-c2cn(S(=O)(=O)c3ccc(C)cc3)c3cc(F)ccc23)cc1. The first-order valence-corrected chi connectivity index (χ1v) is 10.7. The number of fused-ring (bicyclic) bond motifs is 1. The van der Waals surface area contributed by atoms with Crippen LogP contribution >= 0.6 is 0 Å². The third-order valence-corrected chi connectivity index (χ3v) is 6.52. The maximum Gasteiger partial charge on any atom is 0.268 e. The summed E-state index contributed by atoms with van der Waals surface area (Å²) < 4.78 is 41.7. The molecule has 152 valence electrons. The quantitative estimate of drug-likeness (QED) is 0.506. The zero-order chi connectivity index (χ0) is 21.5. The number of aromatic nitrogens is 1. The van der Waals surface area contributed by atoms with Crippen LogP contribution < -0.4 is 5.32 Å². The Bertz CT molecular complexity index is 1360. The lowest BCUT2D eigenvalue weighted by Crippen LogP contribution is -2.11. The Balaban J connectivity index is 1.89. The zero-order valence-corrected chi connectivity index (χ0v) is 17.2. The molecule has 0 bridgehead atoms. The lowest BCUT2D eigenvalue weighted by molar-refractivity contribution is -0.114. The van der Waals surface area contributed by atoms with Crippen molar-refractivity contribution >= 4 is 32.5 Å². The molecule has 30 heavy (non-hydrogen) atoms. The first kappa shape index (κ1) is 19.8. The van der Waals surface area contributed by atoms with E-state index >= 15 is 0 Å². The number of hydrogen-bond acceptors (Lipinski definition) is 3. The summed E-state index contributed by atoms with van der Waals surface area (Å²) in [5.74, 6) is -0.701. The molecule has 0 aliphatic rings. The second-order valence-electron chi connectivity index (χ2n) is 7.08. The number of hydrogen-bond donors (Lipinski definition) is 1. The Kier molecular flexibility index (Phi) is 4.91. The van der Waals surface area contributed by atoms with Gasteiger partial charge in [0.2, 0.25) is 5.91 Å². The minimum absolute atomic E-state index is 0.127. The van der Waals surface area contributed by atoms with E-state index in [0.29, 0.717) is 16.6 Å². The predicted octanol–water partition coefficient (Wildman–Crippen LogP) is 4.95. The number of nitrogens with zero attached hydrogens (tertiary/aromatic N) is 1. The van der Waals surface area contributed by atoms with Crippen molar-refractivity contribution in [3.8, 4) is 11.1 Å². The minimum atomic E-state index is -3.92. The van der Waals surface area contributed by atoms with Crippen LogP contribution in [0.4, 0.5) is 10.1 Å². The van der Waals surface area contributed by atoms with Gasteiger partial charge in [0.25, 0.3) is 10.0 Å². The van der Waals surface area contributed by atoms with Crippen molar-refractivity contribution in [3.05, 3.63) is 84.3 Å². The van der Waals surface area contributed by atoms with Crippen LogP contribution in [0.15, 0.2) is 77.8 Å². The fourth-order valence-corrected chi connectivity index (χ4v) is 4.72. The number of carbonyl (C=O) groups is 1. The Morgan fingerprint density at radius 1 is 0.967 bits per heavy atom. The van der Waals surface area contributed by atoms with Crippen LogP contribution in [0.1, 0.15) is 12.5 Å². The van der Waals surface area contributed by atoms with Crippen molar-refractivity contribution in [1.29, 1.82) is 0 Å². The topological polar surface area (TPSA) is 68.2 Å². The number of carbonyl (C=O) groups excluding carboxylic acids is 1. The first-order chi connectivity index (χ1) is 14.3. The van der Waals surface area contributed by atoms with Crippen molar-refractivity contribution in [2.45, 2.75) is 18.7 Å². The zero-order valence-electron chi connectivity index (χ0n) is 16.4. The van der Waals surface area contributed by atoms with Gasteiger partial charge < -0.3 is 5.32 Å². The highest BCUT2D eigenvalue weighted by molar-refractivity contribution is 7.90. The van der Waals surface area contributed by atoms with E-state index in [0.717, 1.165) is 15.1 Å². The highest BCUT2D eigenvalue weighted by Crippen LogP contribution is 2.34. The molecule has 4 aromatic rings. The van der Waals surface area contributed by atoms with Gasteiger partial charge in [0.05, 0.1) is 10.4 Å². The average Bonchev–Trinajstić information content (AvgIpc) is 3.08. The van der Waals surface area contributed by atoms with Crippen LogP contribution in [0, 0.1) is 12.7 Å². The Labute approximate surface area is 173 Å². The van der Waals surface area contributed by atoms with Gasteiger partial charge >= 0.3 is 0 Å². The molecule has 1 heterocycles. The molecule has 3 aromatic carbocycles. The van der Waals surface area contributed by atoms with E-state index in [-0.39, 0.29) is 16.3 Å². The number of benzene rings is 3. The summed E-state index contributed by atoms with van der Waals surface area (Å²) in [5, 5.41) is 3.30. The van der Waals surface area contributed by atoms with Crippen molar-refractivity contribution in [1.82, 2.24) is 3.97 Å². The summed E-state index contributed by atoms with van der Waals surface area (Å²) >= 11 is 0. The number of amides is 1. The molecule has 0 saturated heterocycles. The van der Waals surface area contributed by atoms with Gasteiger partial charge in [0.15, 0.2) is 0 Å². The number of anilines is 1. The van der Waals surface area contributed by atoms with Gasteiger partial charge in [-0.2, -0.15) is 0 Å². The summed E-state index contributed by atoms with van der Waals surface area (Å²) in [6.07, 6.45) is 1.51. The summed E-state index contributed by atoms with van der Waals surface area (Å²) in [5.41, 5.74) is 3.23. The van der Waals surface area contributed by atoms with E-state index in [2.05, 4.69) is 5.32 Å². The van der Waals surface area contributed by atoms with Crippen LogP contribution in [0.25, 0.3) is 22.0 Å². The second-order valence-corrected chi connectivity index (χ2v) is 8.89. The van der Waals surface area contributed by atoms with Gasteiger partial charge in [-0.3, -0.25) is 4.79 Å². The van der Waals surface area contributed by atoms with Crippen molar-refractivity contribution in [2.75, 3.05) is 5.32 Å². The van der Waals surface area contributed by atoms with Crippen LogP contribution in [0.3, 0.4) is 0 Å². The monoisotopic (exact) mass is 422 g/mol. The molecule has 7 heteroatoms. The second kappa shape index (κ2) is 7.42. The molecule has 0 saturated carbocycles. The van der Waals surface area contributed by atoms with Gasteiger partial charge in [-0.25, -0.2) is 16.8 Å². The fraction of sp³-hybridized carbons (Fsp3) is 0.0870. The van der Waals surface area contributed by atoms with Gasteiger partial charge in [-0.05, 0) is 55.0 Å². The van der Waals surface area contributed by atoms with Crippen molar-refractivity contribution in [2.24, 2.45) is 0 Å². The Morgan fingerprint density at radius 2 is 1.63 bits per heavy atom. The number of aryl methyl sites for hydroxylation is 1. The molecule has 0 aliphatic carbocycles. The van der Waals surface area contributed by atoms with Gasteiger partial charge in [-0.1, -0.05) is 29.8 Å². The van der Waals surface area contributed by atoms with E-state index in [1.165, 1.54) is 37.4 Å². The highest BCUT2D eigenvalue weighted by Gasteiger charge is 2.22. The molecule has 1 aromatic heterocycles. The lowest BCUT2D eigenvalue weighted by atomic mass is 10.0. The van der Waals surface area contributed by atoms with E-state index in [4.69, 9.17) is 0 Å². The maximum absolute atomic E-state index is 14.0. The van der Waals surface area contributed by atoms with Crippen molar-refractivity contribution < 1.29 is 17.6 Å².